The van der Waals surface area contributed by atoms with Crippen molar-refractivity contribution in [2.24, 2.45) is 0 Å². The van der Waals surface area contributed by atoms with E-state index < -0.39 is 52.8 Å². The molecule has 0 radical (unpaired) electrons. The zero-order valence-electron chi connectivity index (χ0n) is 23.5. The third-order valence-electron chi connectivity index (χ3n) is 7.42. The fourth-order valence-corrected chi connectivity index (χ4v) is 5.33. The first-order chi connectivity index (χ1) is 22.3. The number of carbonyl (C=O) groups excluding carboxylic acids is 3. The second-order valence-corrected chi connectivity index (χ2v) is 10.3. The Hall–Kier alpha value is -5.74. The van der Waals surface area contributed by atoms with Gasteiger partial charge in [0.15, 0.2) is 17.1 Å². The maximum atomic E-state index is 15.6. The van der Waals surface area contributed by atoms with Gasteiger partial charge in [0.1, 0.15) is 11.5 Å². The summed E-state index contributed by atoms with van der Waals surface area (Å²) in [7, 11) is 0. The van der Waals surface area contributed by atoms with Crippen molar-refractivity contribution in [2.75, 3.05) is 16.8 Å². The van der Waals surface area contributed by atoms with Crippen LogP contribution in [0.2, 0.25) is 0 Å². The van der Waals surface area contributed by atoms with Crippen molar-refractivity contribution in [3.8, 4) is 16.8 Å². The van der Waals surface area contributed by atoms with Gasteiger partial charge in [0.25, 0.3) is 5.91 Å². The maximum absolute atomic E-state index is 15.6. The first-order valence-corrected chi connectivity index (χ1v) is 13.6. The number of fused-ring (bicyclic) bond motifs is 2. The van der Waals surface area contributed by atoms with Gasteiger partial charge in [0.05, 0.1) is 16.8 Å². The van der Waals surface area contributed by atoms with E-state index in [0.717, 1.165) is 23.1 Å². The molecule has 17 heteroatoms. The highest BCUT2D eigenvalue weighted by Crippen LogP contribution is 2.39. The Labute approximate surface area is 258 Å². The Morgan fingerprint density at radius 3 is 2.49 bits per heavy atom. The minimum atomic E-state index is -5.27. The molecule has 3 heterocycles. The molecule has 1 aliphatic heterocycles. The van der Waals surface area contributed by atoms with E-state index in [-0.39, 0.29) is 41.9 Å². The van der Waals surface area contributed by atoms with Gasteiger partial charge in [-0.05, 0) is 53.4 Å². The number of carbonyl (C=O) groups is 3. The Morgan fingerprint density at radius 2 is 1.79 bits per heavy atom. The van der Waals surface area contributed by atoms with Crippen molar-refractivity contribution >= 4 is 40.7 Å². The molecule has 2 aromatic heterocycles. The summed E-state index contributed by atoms with van der Waals surface area (Å²) < 4.78 is 102. The zero-order chi connectivity index (χ0) is 33.7. The number of rotatable bonds is 7. The molecule has 0 saturated heterocycles. The lowest BCUT2D eigenvalue weighted by atomic mass is 9.98. The monoisotopic (exact) mass is 660 g/mol. The highest BCUT2D eigenvalue weighted by Gasteiger charge is 2.44. The van der Waals surface area contributed by atoms with Crippen LogP contribution in [0.15, 0.2) is 65.2 Å². The van der Waals surface area contributed by atoms with Crippen LogP contribution in [0, 0.1) is 5.82 Å². The summed E-state index contributed by atoms with van der Waals surface area (Å²) in [5.74, 6) is -4.91. The van der Waals surface area contributed by atoms with Crippen molar-refractivity contribution in [1.82, 2.24) is 20.3 Å². The van der Waals surface area contributed by atoms with E-state index in [1.165, 1.54) is 23.5 Å². The smallest absolute Gasteiger partial charge is 0.355 e. The molecule has 2 N–H and O–H groups in total. The molecule has 3 amide bonds. The number of anilines is 2. The van der Waals surface area contributed by atoms with Gasteiger partial charge in [0, 0.05) is 18.7 Å². The summed E-state index contributed by atoms with van der Waals surface area (Å²) in [4.78, 5) is 37.1. The quantitative estimate of drug-likeness (QED) is 0.169. The number of alkyl halides is 6. The normalized spacial score (nSPS) is 13.5. The van der Waals surface area contributed by atoms with Crippen LogP contribution in [-0.2, 0) is 28.7 Å². The van der Waals surface area contributed by atoms with E-state index in [9.17, 15) is 40.7 Å². The number of aromatic nitrogens is 3. The maximum Gasteiger partial charge on any atom is 0.471 e. The largest absolute Gasteiger partial charge is 0.471 e. The highest BCUT2D eigenvalue weighted by atomic mass is 19.4. The number of amides is 3. The Balaban J connectivity index is 1.40. The van der Waals surface area contributed by atoms with Crippen LogP contribution >= 0.6 is 0 Å². The Bertz CT molecular complexity index is 2050. The SMILES string of the molecule is O=CNCc1ccccc1-c1ccc(N2CCc3c(C(F)(F)F)nn(-c4ccc5onc(NC(=O)C(F)(F)F)c5c4)c3C2=O)c(F)c1. The van der Waals surface area contributed by atoms with Crippen molar-refractivity contribution in [3.63, 3.8) is 0 Å². The van der Waals surface area contributed by atoms with Crippen LogP contribution in [0.4, 0.5) is 42.2 Å². The number of benzene rings is 3. The average molecular weight is 661 g/mol. The van der Waals surface area contributed by atoms with E-state index in [1.54, 1.807) is 24.3 Å². The lowest BCUT2D eigenvalue weighted by Crippen LogP contribution is -2.39. The van der Waals surface area contributed by atoms with E-state index in [2.05, 4.69) is 15.6 Å². The predicted octanol–water partition coefficient (Wildman–Crippen LogP) is 5.79. The van der Waals surface area contributed by atoms with Gasteiger partial charge in [-0.2, -0.15) is 31.4 Å². The van der Waals surface area contributed by atoms with E-state index in [1.807, 2.05) is 0 Å². The molecule has 0 bridgehead atoms. The molecule has 0 aliphatic carbocycles. The van der Waals surface area contributed by atoms with Crippen LogP contribution in [0.3, 0.4) is 0 Å². The summed E-state index contributed by atoms with van der Waals surface area (Å²) in [6, 6.07) is 14.3. The number of nitrogens with zero attached hydrogens (tertiary/aromatic N) is 4. The second kappa shape index (κ2) is 11.6. The molecule has 10 nitrogen and oxygen atoms in total. The Kier molecular flexibility index (Phi) is 7.69. The molecule has 0 spiro atoms. The third-order valence-corrected chi connectivity index (χ3v) is 7.42. The molecule has 242 valence electrons. The molecule has 47 heavy (non-hydrogen) atoms. The standard InChI is InChI=1S/C30H19F7N6O4/c31-21-11-15(18-4-2-1-3-16(18)13-38-14-44)5-7-22(21)42-10-9-19-24(27(42)45)43(40-25(19)29(32,33)34)17-6-8-23-20(12-17)26(41-47-23)39-28(46)30(35,36)37/h1-8,11-12,14H,9-10,13H2,(H,38,44)(H,39,41,46). The van der Waals surface area contributed by atoms with Gasteiger partial charge >= 0.3 is 18.3 Å². The van der Waals surface area contributed by atoms with Gasteiger partial charge in [-0.25, -0.2) is 9.07 Å². The zero-order valence-corrected chi connectivity index (χ0v) is 23.5. The number of hydrogen-bond donors (Lipinski definition) is 2. The summed E-state index contributed by atoms with van der Waals surface area (Å²) in [5, 5.41) is 10.9. The topological polar surface area (TPSA) is 122 Å². The van der Waals surface area contributed by atoms with Gasteiger partial charge in [-0.3, -0.25) is 19.7 Å². The van der Waals surface area contributed by atoms with Crippen molar-refractivity contribution < 1.29 is 49.6 Å². The lowest BCUT2D eigenvalue weighted by molar-refractivity contribution is -0.167. The lowest BCUT2D eigenvalue weighted by Gasteiger charge is -2.28. The third kappa shape index (κ3) is 5.75. The molecule has 0 unspecified atom stereocenters. The van der Waals surface area contributed by atoms with Crippen LogP contribution < -0.4 is 15.5 Å². The van der Waals surface area contributed by atoms with E-state index in [0.29, 0.717) is 27.8 Å². The van der Waals surface area contributed by atoms with Gasteiger partial charge in [-0.15, -0.1) is 0 Å². The molecule has 5 aromatic rings. The van der Waals surface area contributed by atoms with Gasteiger partial charge < -0.3 is 14.7 Å². The van der Waals surface area contributed by atoms with E-state index >= 15 is 4.39 Å². The van der Waals surface area contributed by atoms with Crippen molar-refractivity contribution in [3.05, 3.63) is 89.0 Å². The van der Waals surface area contributed by atoms with Gasteiger partial charge in [0.2, 0.25) is 6.41 Å². The molecule has 3 aromatic carbocycles. The molecule has 6 rings (SSSR count). The Morgan fingerprint density at radius 1 is 1.02 bits per heavy atom. The fourth-order valence-electron chi connectivity index (χ4n) is 5.33. The molecular weight excluding hydrogens is 641 g/mol. The average Bonchev–Trinajstić information content (AvgIpc) is 3.62. The van der Waals surface area contributed by atoms with Crippen LogP contribution in [-0.4, -0.2) is 45.9 Å². The van der Waals surface area contributed by atoms with Gasteiger partial charge in [-0.1, -0.05) is 35.5 Å². The molecule has 0 saturated carbocycles. The molecule has 1 aliphatic rings. The minimum Gasteiger partial charge on any atom is -0.355 e. The van der Waals surface area contributed by atoms with Crippen LogP contribution in [0.5, 0.6) is 0 Å². The summed E-state index contributed by atoms with van der Waals surface area (Å²) in [6.07, 6.45) is -10.1. The molecular formula is C30H19F7N6O4. The van der Waals surface area contributed by atoms with Crippen molar-refractivity contribution in [1.29, 1.82) is 0 Å². The van der Waals surface area contributed by atoms with Crippen molar-refractivity contribution in [2.45, 2.75) is 25.3 Å². The summed E-state index contributed by atoms with van der Waals surface area (Å²) in [6.45, 7) is -0.159. The highest BCUT2D eigenvalue weighted by molar-refractivity contribution is 6.08. The summed E-state index contributed by atoms with van der Waals surface area (Å²) in [5.41, 5.74) is -1.23. The second-order valence-electron chi connectivity index (χ2n) is 10.3. The van der Waals surface area contributed by atoms with Crippen LogP contribution in [0.25, 0.3) is 27.8 Å². The van der Waals surface area contributed by atoms with E-state index in [4.69, 9.17) is 4.52 Å². The predicted molar refractivity (Wildman–Crippen MR) is 151 cm³/mol. The molecule has 0 fully saturated rings. The summed E-state index contributed by atoms with van der Waals surface area (Å²) >= 11 is 0. The first-order valence-electron chi connectivity index (χ1n) is 13.6. The fraction of sp³-hybridized carbons (Fsp3) is 0.167. The number of halogens is 7. The number of hydrogen-bond acceptors (Lipinski definition) is 6. The van der Waals surface area contributed by atoms with Crippen LogP contribution in [0.1, 0.15) is 27.3 Å². The minimum absolute atomic E-state index is 0.123. The number of nitrogens with one attached hydrogen (secondary N) is 2. The first kappa shape index (κ1) is 31.3. The molecule has 0 atom stereocenters.